The number of H-pyrrole nitrogens is 1. The van der Waals surface area contributed by atoms with Crippen molar-refractivity contribution in [3.63, 3.8) is 0 Å². The van der Waals surface area contributed by atoms with Crippen LogP contribution < -0.4 is 10.9 Å². The van der Waals surface area contributed by atoms with E-state index in [1.807, 2.05) is 11.4 Å². The van der Waals surface area contributed by atoms with Crippen LogP contribution in [-0.4, -0.2) is 21.2 Å². The van der Waals surface area contributed by atoms with Crippen LogP contribution in [-0.2, 0) is 0 Å². The van der Waals surface area contributed by atoms with E-state index >= 15 is 0 Å². The molecule has 0 aliphatic heterocycles. The number of aromatic amines is 1. The second-order valence-corrected chi connectivity index (χ2v) is 4.17. The number of anilines is 1. The monoisotopic (exact) mass is 309 g/mol. The summed E-state index contributed by atoms with van der Waals surface area (Å²) in [7, 11) is 0. The second-order valence-electron chi connectivity index (χ2n) is 3.37. The van der Waals surface area contributed by atoms with Gasteiger partial charge in [-0.05, 0) is 15.9 Å². The van der Waals surface area contributed by atoms with Gasteiger partial charge in [-0.1, -0.05) is 30.3 Å². The van der Waals surface area contributed by atoms with Crippen LogP contribution in [0.15, 0.2) is 39.6 Å². The molecule has 0 saturated carbocycles. The summed E-state index contributed by atoms with van der Waals surface area (Å²) in [6.45, 7) is 0. The van der Waals surface area contributed by atoms with E-state index < -0.39 is 11.7 Å². The first-order chi connectivity index (χ1) is 8.58. The maximum absolute atomic E-state index is 11.6. The van der Waals surface area contributed by atoms with Crippen molar-refractivity contribution in [1.82, 2.24) is 9.97 Å². The molecule has 92 valence electrons. The molecule has 7 heteroatoms. The highest BCUT2D eigenvalue weighted by molar-refractivity contribution is 9.10. The Balaban J connectivity index is 2.56. The first-order valence-corrected chi connectivity index (χ1v) is 5.72. The Labute approximate surface area is 110 Å². The molecule has 0 atom stereocenters. The lowest BCUT2D eigenvalue weighted by Crippen LogP contribution is -2.17. The molecule has 3 N–H and O–H groups in total. The van der Waals surface area contributed by atoms with Gasteiger partial charge < -0.3 is 5.11 Å². The van der Waals surface area contributed by atoms with Gasteiger partial charge in [0, 0.05) is 5.56 Å². The summed E-state index contributed by atoms with van der Waals surface area (Å²) in [6.07, 6.45) is -1.29. The summed E-state index contributed by atoms with van der Waals surface area (Å²) >= 11 is 3.14. The minimum absolute atomic E-state index is 0.116. The van der Waals surface area contributed by atoms with Crippen LogP contribution in [0.4, 0.5) is 10.7 Å². The average molecular weight is 310 g/mol. The molecule has 0 radical (unpaired) electrons. The van der Waals surface area contributed by atoms with E-state index in [0.717, 1.165) is 0 Å². The second kappa shape index (κ2) is 5.01. The molecular weight excluding hydrogens is 302 g/mol. The smallest absolute Gasteiger partial charge is 0.411 e. The summed E-state index contributed by atoms with van der Waals surface area (Å²) in [5, 5.41) is 10.6. The quantitative estimate of drug-likeness (QED) is 0.793. The van der Waals surface area contributed by atoms with Crippen molar-refractivity contribution < 1.29 is 9.90 Å². The number of hydrogen-bond acceptors (Lipinski definition) is 3. The van der Waals surface area contributed by atoms with Gasteiger partial charge >= 0.3 is 6.09 Å². The lowest BCUT2D eigenvalue weighted by Gasteiger charge is -2.06. The maximum atomic E-state index is 11.6. The predicted octanol–water partition coefficient (Wildman–Crippen LogP) is 2.29. The number of halogens is 1. The summed E-state index contributed by atoms with van der Waals surface area (Å²) in [4.78, 5) is 28.5. The molecule has 0 aliphatic rings. The average Bonchev–Trinajstić information content (AvgIpc) is 2.34. The van der Waals surface area contributed by atoms with E-state index in [0.29, 0.717) is 11.3 Å². The SMILES string of the molecule is O=C(O)Nc1nc(-c2ccccc2)c(Br)c(=O)[nH]1. The van der Waals surface area contributed by atoms with Crippen molar-refractivity contribution in [2.75, 3.05) is 5.32 Å². The first-order valence-electron chi connectivity index (χ1n) is 4.93. The molecule has 18 heavy (non-hydrogen) atoms. The molecule has 6 nitrogen and oxygen atoms in total. The van der Waals surface area contributed by atoms with E-state index in [2.05, 4.69) is 25.9 Å². The van der Waals surface area contributed by atoms with Crippen LogP contribution in [0, 0.1) is 0 Å². The van der Waals surface area contributed by atoms with E-state index in [9.17, 15) is 9.59 Å². The Morgan fingerprint density at radius 1 is 1.33 bits per heavy atom. The van der Waals surface area contributed by atoms with Crippen LogP contribution in [0.1, 0.15) is 0 Å². The summed E-state index contributed by atoms with van der Waals surface area (Å²) < 4.78 is 0.254. The molecule has 2 rings (SSSR count). The molecule has 2 aromatic rings. The molecule has 0 unspecified atom stereocenters. The van der Waals surface area contributed by atoms with Crippen molar-refractivity contribution in [3.8, 4) is 11.3 Å². The van der Waals surface area contributed by atoms with Crippen LogP contribution >= 0.6 is 15.9 Å². The molecule has 1 aromatic heterocycles. The third-order valence-electron chi connectivity index (χ3n) is 2.14. The van der Waals surface area contributed by atoms with E-state index in [1.54, 1.807) is 24.3 Å². The number of amides is 1. The number of rotatable bonds is 2. The molecule has 0 saturated heterocycles. The van der Waals surface area contributed by atoms with Gasteiger partial charge in [-0.25, -0.2) is 9.78 Å². The highest BCUT2D eigenvalue weighted by atomic mass is 79.9. The Morgan fingerprint density at radius 2 is 2.00 bits per heavy atom. The van der Waals surface area contributed by atoms with Crippen LogP contribution in [0.3, 0.4) is 0 Å². The standard InChI is InChI=1S/C11H8BrN3O3/c12-7-8(6-4-2-1-3-5-6)13-10(14-9(7)16)15-11(17)18/h1-5H,(H,17,18)(H2,13,14,15,16). The molecule has 1 aromatic carbocycles. The number of benzene rings is 1. The van der Waals surface area contributed by atoms with Crippen LogP contribution in [0.2, 0.25) is 0 Å². The van der Waals surface area contributed by atoms with Crippen molar-refractivity contribution in [3.05, 3.63) is 45.2 Å². The number of carboxylic acid groups (broad SMARTS) is 1. The third kappa shape index (κ3) is 2.57. The van der Waals surface area contributed by atoms with Crippen molar-refractivity contribution in [2.45, 2.75) is 0 Å². The van der Waals surface area contributed by atoms with Gasteiger partial charge in [0.25, 0.3) is 5.56 Å². The van der Waals surface area contributed by atoms with Gasteiger partial charge in [-0.15, -0.1) is 0 Å². The van der Waals surface area contributed by atoms with E-state index in [-0.39, 0.29) is 10.4 Å². The van der Waals surface area contributed by atoms with Crippen LogP contribution in [0.5, 0.6) is 0 Å². The Bertz CT molecular complexity index is 640. The minimum atomic E-state index is -1.29. The van der Waals surface area contributed by atoms with Gasteiger partial charge in [0.1, 0.15) is 4.47 Å². The van der Waals surface area contributed by atoms with Gasteiger partial charge in [0.15, 0.2) is 0 Å². The highest BCUT2D eigenvalue weighted by Gasteiger charge is 2.11. The van der Waals surface area contributed by atoms with Gasteiger partial charge in [-0.3, -0.25) is 15.1 Å². The minimum Gasteiger partial charge on any atom is -0.465 e. The summed E-state index contributed by atoms with van der Waals surface area (Å²) in [5.41, 5.74) is 0.639. The number of nitrogens with zero attached hydrogens (tertiary/aromatic N) is 1. The molecule has 0 spiro atoms. The molecule has 0 aliphatic carbocycles. The van der Waals surface area contributed by atoms with Gasteiger partial charge in [-0.2, -0.15) is 0 Å². The van der Waals surface area contributed by atoms with Crippen molar-refractivity contribution in [1.29, 1.82) is 0 Å². The van der Waals surface area contributed by atoms with E-state index in [1.165, 1.54) is 0 Å². The summed E-state index contributed by atoms with van der Waals surface area (Å²) in [6, 6.07) is 8.99. The van der Waals surface area contributed by atoms with Gasteiger partial charge in [0.05, 0.1) is 5.69 Å². The Morgan fingerprint density at radius 3 is 2.61 bits per heavy atom. The lowest BCUT2D eigenvalue weighted by atomic mass is 10.1. The normalized spacial score (nSPS) is 10.1. The zero-order valence-corrected chi connectivity index (χ0v) is 10.6. The highest BCUT2D eigenvalue weighted by Crippen LogP contribution is 2.23. The van der Waals surface area contributed by atoms with Crippen LogP contribution in [0.25, 0.3) is 11.3 Å². The summed E-state index contributed by atoms with van der Waals surface area (Å²) in [5.74, 6) is -0.116. The molecule has 0 bridgehead atoms. The zero-order chi connectivity index (χ0) is 13.1. The molecule has 0 fully saturated rings. The molecule has 1 amide bonds. The first kappa shape index (κ1) is 12.3. The fraction of sp³-hybridized carbons (Fsp3) is 0. The molecule has 1 heterocycles. The fourth-order valence-electron chi connectivity index (χ4n) is 1.41. The lowest BCUT2D eigenvalue weighted by molar-refractivity contribution is 0.209. The largest absolute Gasteiger partial charge is 0.465 e. The number of carbonyl (C=O) groups is 1. The number of aromatic nitrogens is 2. The van der Waals surface area contributed by atoms with Crippen molar-refractivity contribution >= 4 is 28.0 Å². The maximum Gasteiger partial charge on any atom is 0.411 e. The Hall–Kier alpha value is -2.15. The zero-order valence-electron chi connectivity index (χ0n) is 8.98. The fourth-order valence-corrected chi connectivity index (χ4v) is 1.82. The Kier molecular flexibility index (Phi) is 3.42. The molecular formula is C11H8BrN3O3. The topological polar surface area (TPSA) is 95.1 Å². The third-order valence-corrected chi connectivity index (χ3v) is 2.87. The van der Waals surface area contributed by atoms with E-state index in [4.69, 9.17) is 5.11 Å². The van der Waals surface area contributed by atoms with Crippen molar-refractivity contribution in [2.24, 2.45) is 0 Å². The number of nitrogens with one attached hydrogen (secondary N) is 2. The number of hydrogen-bond donors (Lipinski definition) is 3. The van der Waals surface area contributed by atoms with Gasteiger partial charge in [0.2, 0.25) is 5.95 Å². The predicted molar refractivity (Wildman–Crippen MR) is 69.6 cm³/mol.